The number of aliphatic imine (C=N–C) groups is 1. The molecule has 0 bridgehead atoms. The molecular formula is C16H20N4. The summed E-state index contributed by atoms with van der Waals surface area (Å²) >= 11 is 0. The van der Waals surface area contributed by atoms with Crippen molar-refractivity contribution in [3.05, 3.63) is 30.0 Å². The van der Waals surface area contributed by atoms with Crippen molar-refractivity contribution < 1.29 is 0 Å². The van der Waals surface area contributed by atoms with E-state index in [1.807, 2.05) is 0 Å². The van der Waals surface area contributed by atoms with Crippen molar-refractivity contribution in [3.8, 4) is 0 Å². The average Bonchev–Trinajstić information content (AvgIpc) is 2.74. The summed E-state index contributed by atoms with van der Waals surface area (Å²) in [5.74, 6) is 0.586. The fourth-order valence-electron chi connectivity index (χ4n) is 3.38. The number of hydrogen-bond acceptors (Lipinski definition) is 3. The van der Waals surface area contributed by atoms with Crippen molar-refractivity contribution in [3.63, 3.8) is 0 Å². The van der Waals surface area contributed by atoms with Crippen LogP contribution in [0.15, 0.2) is 29.3 Å². The van der Waals surface area contributed by atoms with Gasteiger partial charge in [-0.15, -0.1) is 0 Å². The number of benzene rings is 1. The van der Waals surface area contributed by atoms with Gasteiger partial charge in [0.05, 0.1) is 23.6 Å². The molecule has 4 heteroatoms. The molecule has 4 rings (SSSR count). The Kier molecular flexibility index (Phi) is 2.96. The Bertz CT molecular complexity index is 650. The molecule has 3 heterocycles. The second-order valence-corrected chi connectivity index (χ2v) is 5.64. The Balaban J connectivity index is 1.83. The number of nitrogens with zero attached hydrogens (tertiary/aromatic N) is 1. The van der Waals surface area contributed by atoms with Crippen molar-refractivity contribution in [2.75, 3.05) is 31.5 Å². The Morgan fingerprint density at radius 3 is 2.80 bits per heavy atom. The minimum absolute atomic E-state index is 0.586. The van der Waals surface area contributed by atoms with E-state index in [0.29, 0.717) is 5.92 Å². The van der Waals surface area contributed by atoms with Crippen molar-refractivity contribution in [2.45, 2.75) is 12.8 Å². The van der Waals surface area contributed by atoms with Gasteiger partial charge < -0.3 is 15.6 Å². The van der Waals surface area contributed by atoms with Crippen molar-refractivity contribution in [1.82, 2.24) is 10.3 Å². The van der Waals surface area contributed by atoms with Gasteiger partial charge in [-0.1, -0.05) is 18.2 Å². The fraction of sp³-hybridized carbons (Fsp3) is 0.438. The highest BCUT2D eigenvalue weighted by Gasteiger charge is 2.25. The Morgan fingerprint density at radius 1 is 1.05 bits per heavy atom. The van der Waals surface area contributed by atoms with Gasteiger partial charge in [0.15, 0.2) is 0 Å². The number of aromatic amines is 1. The third-order valence-electron chi connectivity index (χ3n) is 4.38. The molecule has 4 nitrogen and oxygen atoms in total. The van der Waals surface area contributed by atoms with Crippen LogP contribution in [0.25, 0.3) is 10.9 Å². The van der Waals surface area contributed by atoms with Crippen LogP contribution >= 0.6 is 0 Å². The summed E-state index contributed by atoms with van der Waals surface area (Å²) < 4.78 is 0. The van der Waals surface area contributed by atoms with E-state index in [4.69, 9.17) is 4.99 Å². The lowest BCUT2D eigenvalue weighted by molar-refractivity contribution is 0.456. The maximum absolute atomic E-state index is 4.88. The maximum Gasteiger partial charge on any atom is 0.0844 e. The number of piperidine rings is 1. The summed E-state index contributed by atoms with van der Waals surface area (Å²) in [4.78, 5) is 8.47. The van der Waals surface area contributed by atoms with Crippen LogP contribution in [0.1, 0.15) is 18.5 Å². The molecule has 0 radical (unpaired) electrons. The van der Waals surface area contributed by atoms with E-state index in [1.165, 1.54) is 40.8 Å². The molecule has 1 saturated heterocycles. The first kappa shape index (κ1) is 12.0. The summed E-state index contributed by atoms with van der Waals surface area (Å²) in [7, 11) is 0. The standard InChI is InChI=1S/C16H20N4/c1-2-4-13-12(3-1)15-16(20-13)14(18-9-10-19-15)11-5-7-17-8-6-11/h1-4,11,17,19-20H,5-10H2. The lowest BCUT2D eigenvalue weighted by Gasteiger charge is -2.23. The average molecular weight is 268 g/mol. The van der Waals surface area contributed by atoms with Crippen molar-refractivity contribution in [2.24, 2.45) is 10.9 Å². The zero-order chi connectivity index (χ0) is 13.4. The molecule has 0 unspecified atom stereocenters. The van der Waals surface area contributed by atoms with Crippen molar-refractivity contribution >= 4 is 22.3 Å². The van der Waals surface area contributed by atoms with Gasteiger partial charge in [0.25, 0.3) is 0 Å². The molecule has 0 atom stereocenters. The summed E-state index contributed by atoms with van der Waals surface area (Å²) in [6.45, 7) is 4.00. The number of aromatic nitrogens is 1. The molecule has 2 aliphatic rings. The van der Waals surface area contributed by atoms with Gasteiger partial charge in [-0.05, 0) is 32.0 Å². The summed E-state index contributed by atoms with van der Waals surface area (Å²) in [5.41, 5.74) is 4.95. The highest BCUT2D eigenvalue weighted by atomic mass is 15.0. The molecule has 1 fully saturated rings. The molecule has 3 N–H and O–H groups in total. The van der Waals surface area contributed by atoms with Gasteiger partial charge in [-0.3, -0.25) is 4.99 Å². The van der Waals surface area contributed by atoms with E-state index in [1.54, 1.807) is 0 Å². The quantitative estimate of drug-likeness (QED) is 0.744. The maximum atomic E-state index is 4.88. The fourth-order valence-corrected chi connectivity index (χ4v) is 3.38. The summed E-state index contributed by atoms with van der Waals surface area (Å²) in [5, 5.41) is 8.28. The number of rotatable bonds is 1. The largest absolute Gasteiger partial charge is 0.381 e. The minimum Gasteiger partial charge on any atom is -0.381 e. The number of para-hydroxylation sites is 1. The zero-order valence-corrected chi connectivity index (χ0v) is 11.6. The van der Waals surface area contributed by atoms with E-state index in [9.17, 15) is 0 Å². The minimum atomic E-state index is 0.586. The highest BCUT2D eigenvalue weighted by Crippen LogP contribution is 2.32. The molecule has 0 spiro atoms. The van der Waals surface area contributed by atoms with Gasteiger partial charge in [0.2, 0.25) is 0 Å². The zero-order valence-electron chi connectivity index (χ0n) is 11.6. The third-order valence-corrected chi connectivity index (χ3v) is 4.38. The molecule has 2 aliphatic heterocycles. The van der Waals surface area contributed by atoms with E-state index in [0.717, 1.165) is 26.2 Å². The van der Waals surface area contributed by atoms with E-state index >= 15 is 0 Å². The predicted octanol–water partition coefficient (Wildman–Crippen LogP) is 2.38. The number of anilines is 1. The molecule has 20 heavy (non-hydrogen) atoms. The topological polar surface area (TPSA) is 52.2 Å². The molecule has 104 valence electrons. The van der Waals surface area contributed by atoms with Crippen LogP contribution in [-0.2, 0) is 0 Å². The first-order valence-electron chi connectivity index (χ1n) is 7.53. The molecule has 2 aromatic rings. The Hall–Kier alpha value is -1.81. The molecule has 0 aliphatic carbocycles. The molecular weight excluding hydrogens is 248 g/mol. The second kappa shape index (κ2) is 4.94. The highest BCUT2D eigenvalue weighted by molar-refractivity contribution is 6.12. The van der Waals surface area contributed by atoms with Crippen LogP contribution in [0.4, 0.5) is 5.69 Å². The SMILES string of the molecule is c1ccc2c3c([nH]c2c1)C(C1CCNCC1)=NCCN3. The first-order chi connectivity index (χ1) is 9.93. The van der Waals surface area contributed by atoms with E-state index < -0.39 is 0 Å². The molecule has 0 amide bonds. The van der Waals surface area contributed by atoms with E-state index in [2.05, 4.69) is 39.9 Å². The predicted molar refractivity (Wildman–Crippen MR) is 83.8 cm³/mol. The van der Waals surface area contributed by atoms with Crippen LogP contribution in [0.3, 0.4) is 0 Å². The van der Waals surface area contributed by atoms with Crippen LogP contribution in [-0.4, -0.2) is 36.9 Å². The Morgan fingerprint density at radius 2 is 1.90 bits per heavy atom. The normalized spacial score (nSPS) is 20.1. The van der Waals surface area contributed by atoms with Gasteiger partial charge >= 0.3 is 0 Å². The first-order valence-corrected chi connectivity index (χ1v) is 7.53. The lowest BCUT2D eigenvalue weighted by atomic mass is 9.90. The number of nitrogens with one attached hydrogen (secondary N) is 3. The Labute approximate surface area is 118 Å². The third kappa shape index (κ3) is 1.91. The van der Waals surface area contributed by atoms with Gasteiger partial charge in [-0.25, -0.2) is 0 Å². The summed E-state index contributed by atoms with van der Waals surface area (Å²) in [6.07, 6.45) is 2.38. The molecule has 1 aromatic carbocycles. The summed E-state index contributed by atoms with van der Waals surface area (Å²) in [6, 6.07) is 8.51. The van der Waals surface area contributed by atoms with Gasteiger partial charge in [0.1, 0.15) is 0 Å². The smallest absolute Gasteiger partial charge is 0.0844 e. The van der Waals surface area contributed by atoms with Crippen LogP contribution < -0.4 is 10.6 Å². The number of hydrogen-bond donors (Lipinski definition) is 3. The molecule has 1 aromatic heterocycles. The van der Waals surface area contributed by atoms with Gasteiger partial charge in [0, 0.05) is 23.4 Å². The van der Waals surface area contributed by atoms with Gasteiger partial charge in [-0.2, -0.15) is 0 Å². The lowest BCUT2D eigenvalue weighted by Crippen LogP contribution is -2.32. The number of H-pyrrole nitrogens is 1. The van der Waals surface area contributed by atoms with Crippen LogP contribution in [0, 0.1) is 5.92 Å². The number of fused-ring (bicyclic) bond motifs is 3. The van der Waals surface area contributed by atoms with Crippen LogP contribution in [0.5, 0.6) is 0 Å². The van der Waals surface area contributed by atoms with Crippen molar-refractivity contribution in [1.29, 1.82) is 0 Å². The second-order valence-electron chi connectivity index (χ2n) is 5.64. The van der Waals surface area contributed by atoms with Crippen LogP contribution in [0.2, 0.25) is 0 Å². The monoisotopic (exact) mass is 268 g/mol. The molecule has 0 saturated carbocycles. The van der Waals surface area contributed by atoms with E-state index in [-0.39, 0.29) is 0 Å².